The van der Waals surface area contributed by atoms with Crippen LogP contribution in [-0.2, 0) is 14.8 Å². The lowest BCUT2D eigenvalue weighted by atomic mass is 9.92. The number of halogens is 1. The molecule has 0 spiro atoms. The van der Waals surface area contributed by atoms with Gasteiger partial charge in [0.15, 0.2) is 0 Å². The minimum atomic E-state index is -3.64. The first-order valence-electron chi connectivity index (χ1n) is 7.36. The molecule has 126 valence electrons. The Hall–Kier alpha value is -1.37. The van der Waals surface area contributed by atoms with Gasteiger partial charge in [0.25, 0.3) is 0 Å². The Morgan fingerprint density at radius 3 is 2.35 bits per heavy atom. The topological polar surface area (TPSA) is 66.5 Å². The van der Waals surface area contributed by atoms with Crippen LogP contribution in [0, 0.1) is 0 Å². The van der Waals surface area contributed by atoms with Gasteiger partial charge in [-0.2, -0.15) is 0 Å². The number of hydrogen-bond donors (Lipinski definition) is 1. The lowest BCUT2D eigenvalue weighted by Crippen LogP contribution is -2.41. The molecule has 23 heavy (non-hydrogen) atoms. The SMILES string of the molecule is CCC(=O)N(C)CC1=C(c2ccc(Cl)cc2)S(=O)(=O)NC1(C)C. The van der Waals surface area contributed by atoms with Gasteiger partial charge < -0.3 is 4.90 Å². The monoisotopic (exact) mass is 356 g/mol. The van der Waals surface area contributed by atoms with Crippen LogP contribution < -0.4 is 4.72 Å². The molecular weight excluding hydrogens is 336 g/mol. The Balaban J connectivity index is 2.58. The number of rotatable bonds is 4. The molecule has 1 amide bonds. The van der Waals surface area contributed by atoms with E-state index in [-0.39, 0.29) is 17.4 Å². The van der Waals surface area contributed by atoms with Crippen LogP contribution in [0.5, 0.6) is 0 Å². The zero-order chi connectivity index (χ0) is 17.4. The van der Waals surface area contributed by atoms with Crippen molar-refractivity contribution >= 4 is 32.4 Å². The molecule has 7 heteroatoms. The molecule has 0 atom stereocenters. The number of hydrogen-bond acceptors (Lipinski definition) is 3. The molecule has 0 bridgehead atoms. The van der Waals surface area contributed by atoms with Crippen molar-refractivity contribution in [2.75, 3.05) is 13.6 Å². The second-order valence-electron chi connectivity index (χ2n) is 6.15. The molecule has 1 N–H and O–H groups in total. The van der Waals surface area contributed by atoms with Crippen molar-refractivity contribution in [3.8, 4) is 0 Å². The summed E-state index contributed by atoms with van der Waals surface area (Å²) in [7, 11) is -1.96. The summed E-state index contributed by atoms with van der Waals surface area (Å²) in [4.78, 5) is 13.7. The van der Waals surface area contributed by atoms with E-state index in [4.69, 9.17) is 11.6 Å². The number of carbonyl (C=O) groups excluding carboxylic acids is 1. The number of benzene rings is 1. The number of carbonyl (C=O) groups is 1. The largest absolute Gasteiger partial charge is 0.342 e. The molecule has 0 aliphatic carbocycles. The highest BCUT2D eigenvalue weighted by Gasteiger charge is 2.43. The molecule has 5 nitrogen and oxygen atoms in total. The Morgan fingerprint density at radius 1 is 1.26 bits per heavy atom. The van der Waals surface area contributed by atoms with Gasteiger partial charge in [0.1, 0.15) is 0 Å². The quantitative estimate of drug-likeness (QED) is 0.901. The standard InChI is InChI=1S/C16H21ClN2O3S/c1-5-14(20)19(4)10-13-15(11-6-8-12(17)9-7-11)23(21,22)18-16(13,2)3/h6-9,18H,5,10H2,1-4H3. The molecule has 1 aromatic rings. The summed E-state index contributed by atoms with van der Waals surface area (Å²) in [6.07, 6.45) is 0.376. The fourth-order valence-corrected chi connectivity index (χ4v) is 4.80. The molecule has 0 unspecified atom stereocenters. The van der Waals surface area contributed by atoms with Gasteiger partial charge >= 0.3 is 0 Å². The lowest BCUT2D eigenvalue weighted by molar-refractivity contribution is -0.129. The summed E-state index contributed by atoms with van der Waals surface area (Å²) in [5, 5.41) is 0.539. The van der Waals surface area contributed by atoms with E-state index in [1.807, 2.05) is 0 Å². The van der Waals surface area contributed by atoms with Crippen LogP contribution in [0.15, 0.2) is 29.8 Å². The normalized spacial score (nSPS) is 19.0. The van der Waals surface area contributed by atoms with Crippen LogP contribution in [0.2, 0.25) is 5.02 Å². The molecule has 0 saturated heterocycles. The summed E-state index contributed by atoms with van der Waals surface area (Å²) in [6.45, 7) is 5.63. The molecule has 2 rings (SSSR count). The third kappa shape index (κ3) is 3.59. The summed E-state index contributed by atoms with van der Waals surface area (Å²) >= 11 is 5.89. The van der Waals surface area contributed by atoms with E-state index in [2.05, 4.69) is 4.72 Å². The second kappa shape index (κ2) is 6.26. The number of nitrogens with one attached hydrogen (secondary N) is 1. The highest BCUT2D eigenvalue weighted by Crippen LogP contribution is 2.38. The van der Waals surface area contributed by atoms with E-state index in [0.717, 1.165) is 0 Å². The van der Waals surface area contributed by atoms with Gasteiger partial charge in [-0.3, -0.25) is 4.79 Å². The first-order chi connectivity index (χ1) is 10.6. The Bertz CT molecular complexity index is 752. The molecule has 0 saturated carbocycles. The fraction of sp³-hybridized carbons (Fsp3) is 0.438. The number of likely N-dealkylation sites (N-methyl/N-ethyl adjacent to an activating group) is 1. The van der Waals surface area contributed by atoms with Crippen molar-refractivity contribution in [2.45, 2.75) is 32.7 Å². The minimum absolute atomic E-state index is 0.0342. The van der Waals surface area contributed by atoms with Crippen LogP contribution in [0.3, 0.4) is 0 Å². The molecule has 1 aliphatic rings. The van der Waals surface area contributed by atoms with Gasteiger partial charge in [0.05, 0.1) is 10.4 Å². The Morgan fingerprint density at radius 2 is 1.83 bits per heavy atom. The first kappa shape index (κ1) is 18.0. The van der Waals surface area contributed by atoms with Crippen molar-refractivity contribution in [3.63, 3.8) is 0 Å². The Labute approximate surface area is 142 Å². The summed E-state index contributed by atoms with van der Waals surface area (Å²) < 4.78 is 27.8. The van der Waals surface area contributed by atoms with E-state index in [1.54, 1.807) is 57.0 Å². The first-order valence-corrected chi connectivity index (χ1v) is 9.22. The van der Waals surface area contributed by atoms with Crippen molar-refractivity contribution in [3.05, 3.63) is 40.4 Å². The van der Waals surface area contributed by atoms with Crippen molar-refractivity contribution in [1.29, 1.82) is 0 Å². The summed E-state index contributed by atoms with van der Waals surface area (Å²) in [5.74, 6) is -0.0342. The maximum atomic E-state index is 12.6. The van der Waals surface area contributed by atoms with Crippen molar-refractivity contribution in [2.24, 2.45) is 0 Å². The van der Waals surface area contributed by atoms with Crippen molar-refractivity contribution < 1.29 is 13.2 Å². The highest BCUT2D eigenvalue weighted by atomic mass is 35.5. The zero-order valence-electron chi connectivity index (χ0n) is 13.7. The number of amides is 1. The number of nitrogens with zero attached hydrogens (tertiary/aromatic N) is 1. The maximum Gasteiger partial charge on any atom is 0.242 e. The van der Waals surface area contributed by atoms with Crippen LogP contribution in [0.1, 0.15) is 32.8 Å². The predicted octanol–water partition coefficient (Wildman–Crippen LogP) is 2.63. The summed E-state index contributed by atoms with van der Waals surface area (Å²) in [5.41, 5.74) is 0.486. The second-order valence-corrected chi connectivity index (χ2v) is 8.20. The van der Waals surface area contributed by atoms with Crippen LogP contribution in [-0.4, -0.2) is 38.4 Å². The molecule has 1 heterocycles. The highest BCUT2D eigenvalue weighted by molar-refractivity contribution is 7.99. The number of sulfonamides is 1. The average molecular weight is 357 g/mol. The van der Waals surface area contributed by atoms with Crippen molar-refractivity contribution in [1.82, 2.24) is 9.62 Å². The maximum absolute atomic E-state index is 12.6. The van der Waals surface area contributed by atoms with Gasteiger partial charge in [-0.25, -0.2) is 13.1 Å². The fourth-order valence-electron chi connectivity index (χ4n) is 2.69. The zero-order valence-corrected chi connectivity index (χ0v) is 15.3. The van der Waals surface area contributed by atoms with E-state index in [0.29, 0.717) is 22.6 Å². The molecule has 1 aliphatic heterocycles. The third-order valence-electron chi connectivity index (χ3n) is 3.92. The van der Waals surface area contributed by atoms with E-state index >= 15 is 0 Å². The van der Waals surface area contributed by atoms with E-state index in [9.17, 15) is 13.2 Å². The molecule has 0 radical (unpaired) electrons. The molecule has 1 aromatic carbocycles. The van der Waals surface area contributed by atoms with Gasteiger partial charge in [-0.15, -0.1) is 0 Å². The molecular formula is C16H21ClN2O3S. The van der Waals surface area contributed by atoms with Gasteiger partial charge in [0.2, 0.25) is 15.9 Å². The predicted molar refractivity (Wildman–Crippen MR) is 92.4 cm³/mol. The summed E-state index contributed by atoms with van der Waals surface area (Å²) in [6, 6.07) is 6.67. The van der Waals surface area contributed by atoms with Gasteiger partial charge in [-0.1, -0.05) is 30.7 Å². The van der Waals surface area contributed by atoms with E-state index < -0.39 is 15.6 Å². The lowest BCUT2D eigenvalue weighted by Gasteiger charge is -2.26. The molecule has 0 aromatic heterocycles. The smallest absolute Gasteiger partial charge is 0.242 e. The molecule has 0 fully saturated rings. The van der Waals surface area contributed by atoms with Crippen LogP contribution in [0.25, 0.3) is 4.91 Å². The third-order valence-corrected chi connectivity index (χ3v) is 5.97. The van der Waals surface area contributed by atoms with Gasteiger partial charge in [0, 0.05) is 25.0 Å². The van der Waals surface area contributed by atoms with Crippen LogP contribution >= 0.6 is 11.6 Å². The minimum Gasteiger partial charge on any atom is -0.342 e. The van der Waals surface area contributed by atoms with Crippen LogP contribution in [0.4, 0.5) is 0 Å². The van der Waals surface area contributed by atoms with E-state index in [1.165, 1.54) is 0 Å². The Kier molecular flexibility index (Phi) is 4.89. The average Bonchev–Trinajstić information content (AvgIpc) is 2.63. The van der Waals surface area contributed by atoms with Gasteiger partial charge in [-0.05, 0) is 37.1 Å².